The van der Waals surface area contributed by atoms with E-state index in [9.17, 15) is 19.5 Å². The standard InChI is InChI=1S/C19H18ClN3O4S2/c1-2-14(17(26)21-12-5-3-11(20)4-6-12)29-19-22-13-8-10-28-16(13)18(27)23(19)9-7-15(24)25/h3-6,8,10,14H,2,7,9H2,1H3,(H,21,26)(H,24,25)/p-1. The van der Waals surface area contributed by atoms with Crippen LogP contribution in [-0.2, 0) is 16.1 Å². The number of carboxylic acid groups (broad SMARTS) is 1. The summed E-state index contributed by atoms with van der Waals surface area (Å²) in [5, 5.41) is 15.8. The molecule has 3 aromatic rings. The van der Waals surface area contributed by atoms with Crippen LogP contribution in [0.25, 0.3) is 10.2 Å². The second kappa shape index (κ2) is 9.43. The van der Waals surface area contributed by atoms with Gasteiger partial charge in [-0.25, -0.2) is 4.98 Å². The number of hydrogen-bond acceptors (Lipinski definition) is 7. The number of anilines is 1. The number of fused-ring (bicyclic) bond motifs is 1. The van der Waals surface area contributed by atoms with E-state index in [4.69, 9.17) is 11.6 Å². The normalized spacial score (nSPS) is 12.1. The predicted octanol–water partition coefficient (Wildman–Crippen LogP) is 2.76. The van der Waals surface area contributed by atoms with Crippen molar-refractivity contribution in [3.8, 4) is 0 Å². The number of nitrogens with one attached hydrogen (secondary N) is 1. The first-order valence-electron chi connectivity index (χ1n) is 8.80. The van der Waals surface area contributed by atoms with Gasteiger partial charge in [-0.15, -0.1) is 11.3 Å². The third-order valence-electron chi connectivity index (χ3n) is 4.09. The molecule has 2 heterocycles. The molecule has 0 saturated heterocycles. The van der Waals surface area contributed by atoms with Crippen molar-refractivity contribution in [3.05, 3.63) is 51.1 Å². The van der Waals surface area contributed by atoms with Crippen molar-refractivity contribution in [3.63, 3.8) is 0 Å². The van der Waals surface area contributed by atoms with Crippen LogP contribution >= 0.6 is 34.7 Å². The Morgan fingerprint density at radius 2 is 2.03 bits per heavy atom. The number of nitrogens with zero attached hydrogens (tertiary/aromatic N) is 2. The quantitative estimate of drug-likeness (QED) is 0.418. The summed E-state index contributed by atoms with van der Waals surface area (Å²) in [7, 11) is 0. The number of thioether (sulfide) groups is 1. The van der Waals surface area contributed by atoms with Gasteiger partial charge in [-0.1, -0.05) is 30.3 Å². The molecule has 29 heavy (non-hydrogen) atoms. The zero-order valence-corrected chi connectivity index (χ0v) is 17.8. The summed E-state index contributed by atoms with van der Waals surface area (Å²) >= 11 is 8.25. The van der Waals surface area contributed by atoms with Gasteiger partial charge in [0.1, 0.15) is 4.70 Å². The zero-order valence-electron chi connectivity index (χ0n) is 15.4. The summed E-state index contributed by atoms with van der Waals surface area (Å²) in [6.07, 6.45) is 0.169. The van der Waals surface area contributed by atoms with Gasteiger partial charge >= 0.3 is 0 Å². The predicted molar refractivity (Wildman–Crippen MR) is 114 cm³/mol. The first-order chi connectivity index (χ1) is 13.9. The van der Waals surface area contributed by atoms with E-state index < -0.39 is 11.2 Å². The molecule has 0 aliphatic heterocycles. The second-order valence-corrected chi connectivity index (χ2v) is 8.64. The van der Waals surface area contributed by atoms with E-state index in [0.29, 0.717) is 32.5 Å². The Kier molecular flexibility index (Phi) is 6.94. The number of aromatic nitrogens is 2. The average Bonchev–Trinajstić information content (AvgIpc) is 3.16. The van der Waals surface area contributed by atoms with E-state index >= 15 is 0 Å². The molecule has 0 bridgehead atoms. The van der Waals surface area contributed by atoms with Crippen LogP contribution in [0.3, 0.4) is 0 Å². The molecule has 1 N–H and O–H groups in total. The number of halogens is 1. The lowest BCUT2D eigenvalue weighted by Crippen LogP contribution is -2.30. The molecule has 2 aromatic heterocycles. The summed E-state index contributed by atoms with van der Waals surface area (Å²) in [6.45, 7) is 1.78. The van der Waals surface area contributed by atoms with Crippen LogP contribution in [0.1, 0.15) is 19.8 Å². The third kappa shape index (κ3) is 5.17. The summed E-state index contributed by atoms with van der Waals surface area (Å²) < 4.78 is 1.75. The van der Waals surface area contributed by atoms with Crippen molar-refractivity contribution >= 4 is 62.5 Å². The van der Waals surface area contributed by atoms with Crippen molar-refractivity contribution in [1.29, 1.82) is 0 Å². The molecule has 7 nitrogen and oxygen atoms in total. The number of thiophene rings is 1. The van der Waals surface area contributed by atoms with Crippen molar-refractivity contribution in [2.75, 3.05) is 5.32 Å². The highest BCUT2D eigenvalue weighted by atomic mass is 35.5. The SMILES string of the molecule is CCC(Sc1nc2ccsc2c(=O)n1CCC(=O)[O-])C(=O)Nc1ccc(Cl)cc1. The molecule has 1 atom stereocenters. The Labute approximate surface area is 179 Å². The molecule has 0 aliphatic rings. The minimum Gasteiger partial charge on any atom is -0.550 e. The molecule has 1 amide bonds. The summed E-state index contributed by atoms with van der Waals surface area (Å²) in [5.74, 6) is -1.50. The van der Waals surface area contributed by atoms with Gasteiger partial charge in [0.05, 0.1) is 10.8 Å². The van der Waals surface area contributed by atoms with Gasteiger partial charge in [-0.3, -0.25) is 14.2 Å². The van der Waals surface area contributed by atoms with E-state index in [-0.39, 0.29) is 24.4 Å². The fourth-order valence-corrected chi connectivity index (χ4v) is 4.56. The molecule has 0 radical (unpaired) electrons. The van der Waals surface area contributed by atoms with Gasteiger partial charge in [-0.05, 0) is 42.1 Å². The first-order valence-corrected chi connectivity index (χ1v) is 10.9. The van der Waals surface area contributed by atoms with Crippen LogP contribution < -0.4 is 16.0 Å². The fourth-order valence-electron chi connectivity index (χ4n) is 2.62. The lowest BCUT2D eigenvalue weighted by atomic mass is 10.3. The van der Waals surface area contributed by atoms with Gasteiger partial charge in [0.2, 0.25) is 5.91 Å². The van der Waals surface area contributed by atoms with Crippen molar-refractivity contribution in [1.82, 2.24) is 9.55 Å². The zero-order chi connectivity index (χ0) is 21.0. The number of benzene rings is 1. The first kappa shape index (κ1) is 21.4. The smallest absolute Gasteiger partial charge is 0.272 e. The maximum absolute atomic E-state index is 12.8. The van der Waals surface area contributed by atoms with Gasteiger partial charge in [-0.2, -0.15) is 0 Å². The molecular weight excluding hydrogens is 434 g/mol. The van der Waals surface area contributed by atoms with Crippen LogP contribution in [-0.4, -0.2) is 26.7 Å². The van der Waals surface area contributed by atoms with Gasteiger partial charge < -0.3 is 15.2 Å². The van der Waals surface area contributed by atoms with Crippen LogP contribution in [0.2, 0.25) is 5.02 Å². The Morgan fingerprint density at radius 3 is 2.69 bits per heavy atom. The van der Waals surface area contributed by atoms with E-state index in [2.05, 4.69) is 10.3 Å². The lowest BCUT2D eigenvalue weighted by molar-refractivity contribution is -0.306. The molecule has 1 aromatic carbocycles. The van der Waals surface area contributed by atoms with Gasteiger partial charge in [0, 0.05) is 29.6 Å². The van der Waals surface area contributed by atoms with E-state index in [1.807, 2.05) is 6.92 Å². The molecule has 0 saturated carbocycles. The number of hydrogen-bond donors (Lipinski definition) is 1. The number of amides is 1. The van der Waals surface area contributed by atoms with Gasteiger partial charge in [0.15, 0.2) is 5.16 Å². The minimum absolute atomic E-state index is 0.0699. The Bertz CT molecular complexity index is 1100. The Morgan fingerprint density at radius 1 is 1.31 bits per heavy atom. The monoisotopic (exact) mass is 450 g/mol. The van der Waals surface area contributed by atoms with Gasteiger partial charge in [0.25, 0.3) is 5.56 Å². The Balaban J connectivity index is 1.88. The van der Waals surface area contributed by atoms with Crippen LogP contribution in [0.5, 0.6) is 0 Å². The fraction of sp³-hybridized carbons (Fsp3) is 0.263. The maximum Gasteiger partial charge on any atom is 0.272 e. The maximum atomic E-state index is 12.8. The van der Waals surface area contributed by atoms with Crippen LogP contribution in [0.15, 0.2) is 45.7 Å². The van der Waals surface area contributed by atoms with E-state index in [0.717, 1.165) is 11.8 Å². The third-order valence-corrected chi connectivity index (χ3v) is 6.59. The number of carbonyl (C=O) groups is 2. The number of rotatable bonds is 8. The average molecular weight is 451 g/mol. The molecule has 3 rings (SSSR count). The molecular formula is C19H17ClN3O4S2-. The van der Waals surface area contributed by atoms with Crippen LogP contribution in [0, 0.1) is 0 Å². The highest BCUT2D eigenvalue weighted by molar-refractivity contribution is 8.00. The number of aliphatic carboxylic acids is 1. The highest BCUT2D eigenvalue weighted by Crippen LogP contribution is 2.27. The lowest BCUT2D eigenvalue weighted by Gasteiger charge is -2.17. The van der Waals surface area contributed by atoms with Crippen molar-refractivity contribution in [2.24, 2.45) is 0 Å². The number of carbonyl (C=O) groups excluding carboxylic acids is 2. The van der Waals surface area contributed by atoms with Crippen molar-refractivity contribution < 1.29 is 14.7 Å². The van der Waals surface area contributed by atoms with E-state index in [1.165, 1.54) is 15.9 Å². The highest BCUT2D eigenvalue weighted by Gasteiger charge is 2.22. The molecule has 152 valence electrons. The molecule has 0 fully saturated rings. The summed E-state index contributed by atoms with van der Waals surface area (Å²) in [6, 6.07) is 8.47. The minimum atomic E-state index is -1.26. The molecule has 0 spiro atoms. The molecule has 10 heteroatoms. The van der Waals surface area contributed by atoms with Crippen LogP contribution in [0.4, 0.5) is 5.69 Å². The topological polar surface area (TPSA) is 104 Å². The summed E-state index contributed by atoms with van der Waals surface area (Å²) in [4.78, 5) is 40.9. The number of carboxylic acids is 1. The largest absolute Gasteiger partial charge is 0.550 e. The van der Waals surface area contributed by atoms with E-state index in [1.54, 1.807) is 35.7 Å². The molecule has 1 unspecified atom stereocenters. The Hall–Kier alpha value is -2.36. The van der Waals surface area contributed by atoms with Crippen molar-refractivity contribution in [2.45, 2.75) is 36.7 Å². The second-order valence-electron chi connectivity index (χ2n) is 6.12. The summed E-state index contributed by atoms with van der Waals surface area (Å²) in [5.41, 5.74) is 0.816. The molecule has 0 aliphatic carbocycles.